The summed E-state index contributed by atoms with van der Waals surface area (Å²) in [6, 6.07) is 3.38. The van der Waals surface area contributed by atoms with Crippen LogP contribution in [0.4, 0.5) is 0 Å². The zero-order valence-electron chi connectivity index (χ0n) is 22.6. The highest BCUT2D eigenvalue weighted by Crippen LogP contribution is 2.16. The van der Waals surface area contributed by atoms with E-state index in [0.29, 0.717) is 45.2 Å². The van der Waals surface area contributed by atoms with Crippen molar-refractivity contribution in [3.8, 4) is 5.75 Å². The first-order valence-electron chi connectivity index (χ1n) is 13.2. The van der Waals surface area contributed by atoms with Crippen LogP contribution < -0.4 is 20.7 Å². The SMILES string of the molecule is CCOCCOCCOc1ccc(CC(C(=O)OC(C)(C)C)N2CCNCCNCCNCC2)nc1. The smallest absolute Gasteiger partial charge is 0.324 e. The summed E-state index contributed by atoms with van der Waals surface area (Å²) in [5.74, 6) is 0.455. The van der Waals surface area contributed by atoms with Crippen molar-refractivity contribution < 1.29 is 23.7 Å². The Hall–Kier alpha value is -1.82. The summed E-state index contributed by atoms with van der Waals surface area (Å²) >= 11 is 0. The molecule has 0 radical (unpaired) electrons. The Morgan fingerprint density at radius 3 is 2.14 bits per heavy atom. The molecule has 1 fully saturated rings. The van der Waals surface area contributed by atoms with E-state index in [1.165, 1.54) is 0 Å². The number of hydrogen-bond donors (Lipinski definition) is 3. The number of nitrogens with zero attached hydrogens (tertiary/aromatic N) is 2. The molecule has 0 aromatic carbocycles. The first-order chi connectivity index (χ1) is 17.4. The average molecular weight is 510 g/mol. The van der Waals surface area contributed by atoms with Gasteiger partial charge in [0.25, 0.3) is 0 Å². The van der Waals surface area contributed by atoms with Crippen molar-refractivity contribution in [2.24, 2.45) is 0 Å². The van der Waals surface area contributed by atoms with Crippen LogP contribution in [0.5, 0.6) is 5.75 Å². The minimum absolute atomic E-state index is 0.220. The third kappa shape index (κ3) is 13.5. The Bertz CT molecular complexity index is 702. The van der Waals surface area contributed by atoms with Crippen LogP contribution in [0, 0.1) is 0 Å². The second-order valence-electron chi connectivity index (χ2n) is 9.68. The number of hydrogen-bond acceptors (Lipinski definition) is 10. The maximum atomic E-state index is 13.3. The molecule has 3 N–H and O–H groups in total. The molecule has 0 bridgehead atoms. The zero-order chi connectivity index (χ0) is 26.1. The molecule has 1 saturated heterocycles. The van der Waals surface area contributed by atoms with Gasteiger partial charge in [-0.2, -0.15) is 0 Å². The highest BCUT2D eigenvalue weighted by Gasteiger charge is 2.31. The van der Waals surface area contributed by atoms with Gasteiger partial charge in [0.1, 0.15) is 24.0 Å². The molecule has 0 saturated carbocycles. The van der Waals surface area contributed by atoms with Gasteiger partial charge in [-0.05, 0) is 39.8 Å². The molecule has 0 aliphatic carbocycles. The van der Waals surface area contributed by atoms with Gasteiger partial charge in [-0.1, -0.05) is 0 Å². The second-order valence-corrected chi connectivity index (χ2v) is 9.68. The summed E-state index contributed by atoms with van der Waals surface area (Å²) in [7, 11) is 0. The fourth-order valence-electron chi connectivity index (χ4n) is 3.73. The summed E-state index contributed by atoms with van der Waals surface area (Å²) in [5.41, 5.74) is 0.266. The van der Waals surface area contributed by atoms with Crippen LogP contribution in [0.1, 0.15) is 33.4 Å². The highest BCUT2D eigenvalue weighted by atomic mass is 16.6. The zero-order valence-corrected chi connectivity index (χ0v) is 22.6. The van der Waals surface area contributed by atoms with Gasteiger partial charge in [0.15, 0.2) is 0 Å². The van der Waals surface area contributed by atoms with Crippen LogP contribution in [-0.2, 0) is 25.4 Å². The molecular weight excluding hydrogens is 462 g/mol. The first-order valence-corrected chi connectivity index (χ1v) is 13.2. The van der Waals surface area contributed by atoms with Crippen molar-refractivity contribution in [3.63, 3.8) is 0 Å². The van der Waals surface area contributed by atoms with Crippen LogP contribution in [0.25, 0.3) is 0 Å². The Kier molecular flexibility index (Phi) is 14.9. The highest BCUT2D eigenvalue weighted by molar-refractivity contribution is 5.76. The molecule has 36 heavy (non-hydrogen) atoms. The lowest BCUT2D eigenvalue weighted by Crippen LogP contribution is -2.51. The van der Waals surface area contributed by atoms with Crippen LogP contribution in [0.2, 0.25) is 0 Å². The topological polar surface area (TPSA) is 106 Å². The maximum absolute atomic E-state index is 13.3. The fraction of sp³-hybridized carbons (Fsp3) is 0.769. The van der Waals surface area contributed by atoms with Crippen LogP contribution in [0.3, 0.4) is 0 Å². The molecule has 10 nitrogen and oxygen atoms in total. The lowest BCUT2D eigenvalue weighted by molar-refractivity contribution is -0.161. The van der Waals surface area contributed by atoms with Crippen molar-refractivity contribution in [3.05, 3.63) is 24.0 Å². The van der Waals surface area contributed by atoms with E-state index in [4.69, 9.17) is 18.9 Å². The van der Waals surface area contributed by atoms with E-state index in [2.05, 4.69) is 25.8 Å². The molecule has 206 valence electrons. The normalized spacial score (nSPS) is 17.6. The molecule has 1 aromatic rings. The van der Waals surface area contributed by atoms with Crippen molar-refractivity contribution in [1.82, 2.24) is 25.8 Å². The molecule has 1 aliphatic heterocycles. The van der Waals surface area contributed by atoms with Gasteiger partial charge >= 0.3 is 5.97 Å². The fourth-order valence-corrected chi connectivity index (χ4v) is 3.73. The van der Waals surface area contributed by atoms with Gasteiger partial charge in [-0.15, -0.1) is 0 Å². The Morgan fingerprint density at radius 2 is 1.56 bits per heavy atom. The van der Waals surface area contributed by atoms with Gasteiger partial charge in [0, 0.05) is 71.1 Å². The molecule has 0 spiro atoms. The minimum Gasteiger partial charge on any atom is -0.490 e. The first kappa shape index (κ1) is 30.4. The predicted octanol–water partition coefficient (Wildman–Crippen LogP) is 0.851. The molecule has 10 heteroatoms. The van der Waals surface area contributed by atoms with E-state index in [0.717, 1.165) is 58.1 Å². The van der Waals surface area contributed by atoms with E-state index >= 15 is 0 Å². The van der Waals surface area contributed by atoms with Crippen LogP contribution in [-0.4, -0.2) is 113 Å². The summed E-state index contributed by atoms with van der Waals surface area (Å²) in [6.07, 6.45) is 2.17. The third-order valence-electron chi connectivity index (χ3n) is 5.50. The third-order valence-corrected chi connectivity index (χ3v) is 5.50. The number of nitrogens with one attached hydrogen (secondary N) is 3. The molecule has 1 aromatic heterocycles. The molecular formula is C26H47N5O5. The van der Waals surface area contributed by atoms with Crippen molar-refractivity contribution in [2.45, 2.75) is 45.8 Å². The molecule has 2 rings (SSSR count). The quantitative estimate of drug-likeness (QED) is 0.277. The van der Waals surface area contributed by atoms with Crippen molar-refractivity contribution in [2.75, 3.05) is 85.4 Å². The predicted molar refractivity (Wildman–Crippen MR) is 141 cm³/mol. The molecule has 0 amide bonds. The maximum Gasteiger partial charge on any atom is 0.324 e. The summed E-state index contributed by atoms with van der Waals surface area (Å²) < 4.78 is 22.3. The summed E-state index contributed by atoms with van der Waals surface area (Å²) in [4.78, 5) is 20.1. The molecule has 1 unspecified atom stereocenters. The summed E-state index contributed by atoms with van der Waals surface area (Å²) in [5, 5.41) is 10.3. The van der Waals surface area contributed by atoms with Gasteiger partial charge in [0.05, 0.1) is 26.0 Å². The average Bonchev–Trinajstić information content (AvgIpc) is 2.82. The number of ether oxygens (including phenoxy) is 4. The lowest BCUT2D eigenvalue weighted by atomic mass is 10.1. The number of pyridine rings is 1. The van der Waals surface area contributed by atoms with E-state index in [1.54, 1.807) is 6.20 Å². The monoisotopic (exact) mass is 509 g/mol. The largest absolute Gasteiger partial charge is 0.490 e. The van der Waals surface area contributed by atoms with Crippen molar-refractivity contribution in [1.29, 1.82) is 0 Å². The van der Waals surface area contributed by atoms with Gasteiger partial charge in [0.2, 0.25) is 0 Å². The Balaban J connectivity index is 1.98. The van der Waals surface area contributed by atoms with E-state index in [1.807, 2.05) is 39.8 Å². The van der Waals surface area contributed by atoms with E-state index in [-0.39, 0.29) is 5.97 Å². The number of esters is 1. The second kappa shape index (κ2) is 17.6. The van der Waals surface area contributed by atoms with Gasteiger partial charge in [-0.3, -0.25) is 14.7 Å². The standard InChI is InChI=1S/C26H47N5O5/c1-5-33-16-17-34-18-19-35-23-7-6-22(30-21-23)20-24(25(32)36-26(2,3)4)31-14-12-28-10-8-27-9-11-29-13-15-31/h6-7,21,24,27-29H,5,8-20H2,1-4H3. The van der Waals surface area contributed by atoms with Crippen LogP contribution in [0.15, 0.2) is 18.3 Å². The van der Waals surface area contributed by atoms with Crippen LogP contribution >= 0.6 is 0 Å². The number of aromatic nitrogens is 1. The number of rotatable bonds is 12. The lowest BCUT2D eigenvalue weighted by Gasteiger charge is -2.33. The molecule has 1 aliphatic rings. The van der Waals surface area contributed by atoms with E-state index in [9.17, 15) is 4.79 Å². The Labute approximate surface area is 216 Å². The minimum atomic E-state index is -0.556. The van der Waals surface area contributed by atoms with E-state index < -0.39 is 11.6 Å². The molecule has 2 heterocycles. The summed E-state index contributed by atoms with van der Waals surface area (Å²) in [6.45, 7) is 17.2. The Morgan fingerprint density at radius 1 is 0.944 bits per heavy atom. The molecule has 1 atom stereocenters. The van der Waals surface area contributed by atoms with Gasteiger partial charge < -0.3 is 34.9 Å². The number of carbonyl (C=O) groups is 1. The number of carbonyl (C=O) groups excluding carboxylic acids is 1. The van der Waals surface area contributed by atoms with Gasteiger partial charge in [-0.25, -0.2) is 0 Å². The van der Waals surface area contributed by atoms with Crippen molar-refractivity contribution >= 4 is 5.97 Å².